The van der Waals surface area contributed by atoms with Gasteiger partial charge in [-0.15, -0.1) is 0 Å². The lowest BCUT2D eigenvalue weighted by Gasteiger charge is -2.46. The van der Waals surface area contributed by atoms with Crippen LogP contribution in [0.5, 0.6) is 0 Å². The lowest BCUT2D eigenvalue weighted by molar-refractivity contribution is -0.133. The lowest BCUT2D eigenvalue weighted by atomic mass is 9.80. The maximum atomic E-state index is 17.0. The number of likely N-dealkylation sites (tertiary alicyclic amines) is 1. The Balaban J connectivity index is 1.44. The van der Waals surface area contributed by atoms with Gasteiger partial charge in [-0.25, -0.2) is 18.2 Å². The van der Waals surface area contributed by atoms with E-state index >= 15 is 4.39 Å². The first kappa shape index (κ1) is 33.3. The van der Waals surface area contributed by atoms with E-state index in [-0.39, 0.29) is 64.0 Å². The normalized spacial score (nSPS) is 25.9. The molecule has 4 unspecified atom stereocenters. The summed E-state index contributed by atoms with van der Waals surface area (Å²) in [6, 6.07) is 13.3. The summed E-state index contributed by atoms with van der Waals surface area (Å²) in [6.45, 7) is 3.93. The maximum absolute atomic E-state index is 17.0. The summed E-state index contributed by atoms with van der Waals surface area (Å²) >= 11 is 6.61. The van der Waals surface area contributed by atoms with Gasteiger partial charge >= 0.3 is 0 Å². The average molecular weight is 675 g/mol. The Labute approximate surface area is 282 Å². The minimum absolute atomic E-state index is 0.0730. The fourth-order valence-corrected chi connectivity index (χ4v) is 7.55. The Morgan fingerprint density at radius 1 is 1.15 bits per heavy atom. The van der Waals surface area contributed by atoms with Gasteiger partial charge in [-0.3, -0.25) is 9.69 Å². The second-order valence-electron chi connectivity index (χ2n) is 12.5. The minimum atomic E-state index is -1.12. The van der Waals surface area contributed by atoms with Crippen molar-refractivity contribution in [3.8, 4) is 12.1 Å². The molecule has 8 nitrogen and oxygen atoms in total. The number of hydrogen-bond donors (Lipinski definition) is 0. The van der Waals surface area contributed by atoms with Crippen molar-refractivity contribution in [2.24, 2.45) is 10.9 Å². The van der Waals surface area contributed by atoms with Gasteiger partial charge in [0.2, 0.25) is 5.90 Å². The standard InChI is InChI=1S/C36H34ClF3N6O2/c1-21(38)36(47)46-16-15-45(19-24(46)11-13-41)34-28-10-9-27(26-7-3-5-22-6-4-8-30(37)31(22)26)32(40)33(28)43-35(29(34)12-14-42)48-20-25-17-23(39)18-44(25)2/h3-10,23-25,28,33H,1,11-12,15-20H2,2H3/t23-,24?,25?,28?,33?/m1/s1. The van der Waals surface area contributed by atoms with Crippen molar-refractivity contribution in [3.05, 3.63) is 88.6 Å². The van der Waals surface area contributed by atoms with Gasteiger partial charge in [-0.1, -0.05) is 60.7 Å². The first-order chi connectivity index (χ1) is 23.1. The number of halogens is 4. The van der Waals surface area contributed by atoms with Crippen LogP contribution in [0.1, 0.15) is 24.8 Å². The molecule has 0 N–H and O–H groups in total. The highest BCUT2D eigenvalue weighted by molar-refractivity contribution is 6.36. The molecule has 2 fully saturated rings. The fourth-order valence-electron chi connectivity index (χ4n) is 7.26. The number of fused-ring (bicyclic) bond motifs is 2. The molecule has 3 aliphatic heterocycles. The number of dihydropyridines is 1. The van der Waals surface area contributed by atoms with Crippen molar-refractivity contribution in [1.29, 1.82) is 10.5 Å². The zero-order chi connectivity index (χ0) is 34.1. The van der Waals surface area contributed by atoms with E-state index in [9.17, 15) is 24.1 Å². The van der Waals surface area contributed by atoms with Crippen LogP contribution in [0.3, 0.4) is 0 Å². The van der Waals surface area contributed by atoms with Crippen LogP contribution >= 0.6 is 11.6 Å². The third kappa shape index (κ3) is 6.21. The minimum Gasteiger partial charge on any atom is -0.476 e. The molecule has 48 heavy (non-hydrogen) atoms. The quantitative estimate of drug-likeness (QED) is 0.321. The number of likely N-dealkylation sites (N-methyl/N-ethyl adjacent to an activating group) is 1. The molecule has 1 aliphatic carbocycles. The second kappa shape index (κ2) is 13.9. The van der Waals surface area contributed by atoms with Gasteiger partial charge in [0.1, 0.15) is 24.6 Å². The molecule has 0 spiro atoms. The van der Waals surface area contributed by atoms with Gasteiger partial charge in [0, 0.05) is 65.4 Å². The number of alkyl halides is 1. The monoisotopic (exact) mass is 674 g/mol. The Kier molecular flexibility index (Phi) is 9.63. The Morgan fingerprint density at radius 2 is 1.92 bits per heavy atom. The van der Waals surface area contributed by atoms with E-state index in [0.717, 1.165) is 5.39 Å². The summed E-state index contributed by atoms with van der Waals surface area (Å²) in [7, 11) is 1.81. The van der Waals surface area contributed by atoms with Crippen LogP contribution in [0.2, 0.25) is 5.02 Å². The lowest BCUT2D eigenvalue weighted by Crippen LogP contribution is -2.56. The van der Waals surface area contributed by atoms with Crippen LogP contribution in [-0.2, 0) is 9.53 Å². The Morgan fingerprint density at radius 3 is 2.60 bits per heavy atom. The van der Waals surface area contributed by atoms with Crippen molar-refractivity contribution in [3.63, 3.8) is 0 Å². The van der Waals surface area contributed by atoms with Crippen LogP contribution in [0.4, 0.5) is 13.2 Å². The molecule has 0 saturated carbocycles. The zero-order valence-corrected chi connectivity index (χ0v) is 27.1. The van der Waals surface area contributed by atoms with Crippen LogP contribution < -0.4 is 0 Å². The van der Waals surface area contributed by atoms with Crippen molar-refractivity contribution < 1.29 is 22.7 Å². The van der Waals surface area contributed by atoms with Gasteiger partial charge in [-0.2, -0.15) is 10.5 Å². The maximum Gasteiger partial charge on any atom is 0.282 e. The molecule has 248 valence electrons. The second-order valence-corrected chi connectivity index (χ2v) is 12.9. The molecular formula is C36H34ClF3N6O2. The summed E-state index contributed by atoms with van der Waals surface area (Å²) in [5.41, 5.74) is 1.96. The summed E-state index contributed by atoms with van der Waals surface area (Å²) in [4.78, 5) is 22.5. The number of ether oxygens (including phenoxy) is 1. The molecule has 5 atom stereocenters. The van der Waals surface area contributed by atoms with E-state index in [2.05, 4.69) is 18.7 Å². The number of hydrogen-bond acceptors (Lipinski definition) is 7. The van der Waals surface area contributed by atoms with Crippen molar-refractivity contribution in [2.45, 2.75) is 43.6 Å². The molecule has 0 radical (unpaired) electrons. The smallest absolute Gasteiger partial charge is 0.282 e. The predicted octanol–water partition coefficient (Wildman–Crippen LogP) is 6.28. The number of nitriles is 2. The van der Waals surface area contributed by atoms with E-state index in [0.29, 0.717) is 32.8 Å². The zero-order valence-electron chi connectivity index (χ0n) is 26.4. The molecule has 1 amide bonds. The SMILES string of the molecule is C=C(F)C(=O)N1CCN(C2=C(CC#N)C(OCC3C[C@@H](F)CN3C)=NC3C(F)=C(c4cccc5cccc(Cl)c45)C=CC23)CC1CC#N. The number of aliphatic imine (C=N–C) groups is 1. The van der Waals surface area contributed by atoms with Crippen molar-refractivity contribution >= 4 is 39.8 Å². The fraction of sp³-hybridized carbons (Fsp3) is 0.389. The van der Waals surface area contributed by atoms with Crippen molar-refractivity contribution in [2.75, 3.05) is 39.8 Å². The Bertz CT molecular complexity index is 1850. The molecular weight excluding hydrogens is 641 g/mol. The average Bonchev–Trinajstić information content (AvgIpc) is 3.40. The summed E-state index contributed by atoms with van der Waals surface area (Å²) in [5.74, 6) is -3.07. The topological polar surface area (TPSA) is 96.0 Å². The number of allylic oxidation sites excluding steroid dienone is 2. The van der Waals surface area contributed by atoms with E-state index in [4.69, 9.17) is 21.3 Å². The van der Waals surface area contributed by atoms with E-state index in [1.165, 1.54) is 4.90 Å². The van der Waals surface area contributed by atoms with Crippen molar-refractivity contribution in [1.82, 2.24) is 14.7 Å². The highest BCUT2D eigenvalue weighted by Crippen LogP contribution is 2.44. The number of benzene rings is 2. The summed E-state index contributed by atoms with van der Waals surface area (Å²) < 4.78 is 51.4. The van der Waals surface area contributed by atoms with Crippen LogP contribution in [0.25, 0.3) is 16.3 Å². The first-order valence-electron chi connectivity index (χ1n) is 15.8. The van der Waals surface area contributed by atoms with E-state index in [1.807, 2.05) is 47.2 Å². The largest absolute Gasteiger partial charge is 0.476 e. The molecule has 3 heterocycles. The van der Waals surface area contributed by atoms with Crippen LogP contribution in [-0.4, -0.2) is 90.6 Å². The molecule has 6 rings (SSSR count). The molecule has 0 aromatic heterocycles. The summed E-state index contributed by atoms with van der Waals surface area (Å²) in [5, 5.41) is 21.6. The van der Waals surface area contributed by atoms with Gasteiger partial charge in [-0.05, 0) is 30.5 Å². The molecule has 2 saturated heterocycles. The van der Waals surface area contributed by atoms with E-state index < -0.39 is 41.7 Å². The molecule has 2 aromatic rings. The number of piperazine rings is 1. The molecule has 4 aliphatic rings. The summed E-state index contributed by atoms with van der Waals surface area (Å²) in [6.07, 6.45) is 2.64. The van der Waals surface area contributed by atoms with Gasteiger partial charge in [0.05, 0.1) is 31.0 Å². The highest BCUT2D eigenvalue weighted by atomic mass is 35.5. The molecule has 2 aromatic carbocycles. The highest BCUT2D eigenvalue weighted by Gasteiger charge is 2.43. The predicted molar refractivity (Wildman–Crippen MR) is 178 cm³/mol. The molecule has 0 bridgehead atoms. The number of carbonyl (C=O) groups is 1. The van der Waals surface area contributed by atoms with E-state index in [1.54, 1.807) is 18.2 Å². The van der Waals surface area contributed by atoms with Gasteiger partial charge in [0.25, 0.3) is 5.91 Å². The van der Waals surface area contributed by atoms with Crippen LogP contribution in [0, 0.1) is 28.6 Å². The Hall–Kier alpha value is -4.58. The first-order valence-corrected chi connectivity index (χ1v) is 16.2. The molecule has 12 heteroatoms. The van der Waals surface area contributed by atoms with Gasteiger partial charge < -0.3 is 14.5 Å². The number of rotatable bonds is 7. The number of amides is 1. The third-order valence-corrected chi connectivity index (χ3v) is 9.87. The third-order valence-electron chi connectivity index (χ3n) is 9.56. The number of carbonyl (C=O) groups excluding carboxylic acids is 1. The van der Waals surface area contributed by atoms with Crippen LogP contribution in [0.15, 0.2) is 83.0 Å². The van der Waals surface area contributed by atoms with Gasteiger partial charge in [0.15, 0.2) is 5.83 Å². The number of nitrogens with zero attached hydrogens (tertiary/aromatic N) is 6.